The van der Waals surface area contributed by atoms with Crippen LogP contribution >= 0.6 is 11.3 Å². The largest absolute Gasteiger partial charge is 0.490 e. The first kappa shape index (κ1) is 38.2. The van der Waals surface area contributed by atoms with Crippen LogP contribution in [0.3, 0.4) is 0 Å². The summed E-state index contributed by atoms with van der Waals surface area (Å²) in [6, 6.07) is 8.01. The average molecular weight is 742 g/mol. The molecule has 3 aromatic rings. The molecular formula is C35H41F6N5O4S. The van der Waals surface area contributed by atoms with Crippen molar-refractivity contribution >= 4 is 28.8 Å². The fraction of sp³-hybridized carbons (Fsp3) is 0.514. The molecule has 1 aromatic carbocycles. The maximum atomic E-state index is 14.8. The molecule has 4 heterocycles. The van der Waals surface area contributed by atoms with Crippen LogP contribution in [0, 0.1) is 0 Å². The van der Waals surface area contributed by atoms with Crippen LogP contribution in [0.2, 0.25) is 0 Å². The monoisotopic (exact) mass is 741 g/mol. The number of halogens is 6. The predicted molar refractivity (Wildman–Crippen MR) is 180 cm³/mol. The predicted octanol–water partition coefficient (Wildman–Crippen LogP) is 6.69. The second-order valence-electron chi connectivity index (χ2n) is 12.9. The van der Waals surface area contributed by atoms with Gasteiger partial charge in [-0.3, -0.25) is 14.6 Å². The minimum absolute atomic E-state index is 0.0178. The molecule has 0 spiro atoms. The number of rotatable bonds is 11. The van der Waals surface area contributed by atoms with E-state index in [2.05, 4.69) is 9.88 Å². The van der Waals surface area contributed by atoms with Gasteiger partial charge in [0.15, 0.2) is 0 Å². The number of piperazine rings is 1. The molecule has 2 atom stereocenters. The van der Waals surface area contributed by atoms with Crippen molar-refractivity contribution < 1.29 is 45.4 Å². The highest BCUT2D eigenvalue weighted by atomic mass is 32.1. The van der Waals surface area contributed by atoms with Crippen molar-refractivity contribution in [3.8, 4) is 11.5 Å². The molecule has 0 bridgehead atoms. The Kier molecular flexibility index (Phi) is 11.7. The normalized spacial score (nSPS) is 20.1. The second kappa shape index (κ2) is 15.7. The number of piperidine rings is 1. The van der Waals surface area contributed by atoms with Crippen molar-refractivity contribution in [3.05, 3.63) is 70.2 Å². The summed E-state index contributed by atoms with van der Waals surface area (Å²) < 4.78 is 95.3. The number of aromatic nitrogens is 1. The van der Waals surface area contributed by atoms with Gasteiger partial charge in [-0.15, -0.1) is 11.3 Å². The van der Waals surface area contributed by atoms with Crippen molar-refractivity contribution in [1.82, 2.24) is 19.7 Å². The number of carbonyl (C=O) groups excluding carboxylic acids is 2. The zero-order valence-electron chi connectivity index (χ0n) is 28.6. The molecule has 278 valence electrons. The number of thiophene rings is 1. The van der Waals surface area contributed by atoms with Gasteiger partial charge in [-0.2, -0.15) is 26.3 Å². The van der Waals surface area contributed by atoms with Gasteiger partial charge >= 0.3 is 12.4 Å². The number of ether oxygens (including phenoxy) is 2. The van der Waals surface area contributed by atoms with Crippen molar-refractivity contribution in [3.63, 3.8) is 0 Å². The van der Waals surface area contributed by atoms with Crippen LogP contribution in [0.1, 0.15) is 53.4 Å². The zero-order chi connectivity index (χ0) is 37.0. The number of amides is 2. The molecule has 0 N–H and O–H groups in total. The van der Waals surface area contributed by atoms with Gasteiger partial charge in [0.1, 0.15) is 23.0 Å². The number of likely N-dealkylation sites (tertiary alicyclic amines) is 1. The van der Waals surface area contributed by atoms with E-state index in [1.165, 1.54) is 4.90 Å². The smallest absolute Gasteiger partial charge is 0.425 e. The summed E-state index contributed by atoms with van der Waals surface area (Å²) in [6.07, 6.45) is -6.96. The van der Waals surface area contributed by atoms with Gasteiger partial charge in [0, 0.05) is 69.5 Å². The van der Waals surface area contributed by atoms with Crippen molar-refractivity contribution in [1.29, 1.82) is 0 Å². The minimum atomic E-state index is -4.85. The van der Waals surface area contributed by atoms with Crippen LogP contribution < -0.4 is 14.4 Å². The van der Waals surface area contributed by atoms with Crippen LogP contribution in [-0.4, -0.2) is 103 Å². The molecule has 16 heteroatoms. The molecule has 2 aliphatic rings. The van der Waals surface area contributed by atoms with E-state index in [9.17, 15) is 35.9 Å². The number of carbonyl (C=O) groups is 2. The van der Waals surface area contributed by atoms with E-state index < -0.39 is 51.8 Å². The topological polar surface area (TPSA) is 78.5 Å². The van der Waals surface area contributed by atoms with E-state index in [-0.39, 0.29) is 44.6 Å². The highest BCUT2D eigenvalue weighted by Gasteiger charge is 2.56. The SMILES string of the molecule is CCC[C@H]1N(C(=O)c2cnccc2C(F)(F)F)CCC[C@@]1(Oc1csc(C(F)(F)F)c1)C(=O)N1CCN(c2ccccc2OCCN(C)C)CC1. The molecule has 2 amide bonds. The Bertz CT molecular complexity index is 1660. The third-order valence-electron chi connectivity index (χ3n) is 9.13. The summed E-state index contributed by atoms with van der Waals surface area (Å²) in [5.74, 6) is -1.02. The standard InChI is InChI=1S/C35H41F6N5O4S/c1-4-8-29-33(50-24-21-30(51-23-24)35(39,40)41,12-7-14-46(29)31(47)25-22-42-13-11-26(25)34(36,37)38)32(48)45-17-15-44(16-18-45)27-9-5-6-10-28(27)49-20-19-43(2)3/h5-6,9-11,13,21-23,29H,4,7-8,12,14-20H2,1-3H3/t29-,33+/m1/s1. The molecule has 0 aliphatic carbocycles. The third-order valence-corrected chi connectivity index (χ3v) is 10.1. The summed E-state index contributed by atoms with van der Waals surface area (Å²) in [6.45, 7) is 4.24. The minimum Gasteiger partial charge on any atom is -0.490 e. The highest BCUT2D eigenvalue weighted by molar-refractivity contribution is 7.10. The Morgan fingerprint density at radius 3 is 2.39 bits per heavy atom. The lowest BCUT2D eigenvalue weighted by Gasteiger charge is -2.50. The number of para-hydroxylation sites is 2. The van der Waals surface area contributed by atoms with E-state index >= 15 is 0 Å². The molecule has 2 aromatic heterocycles. The maximum absolute atomic E-state index is 14.8. The number of hydrogen-bond donors (Lipinski definition) is 0. The number of benzene rings is 1. The lowest BCUT2D eigenvalue weighted by atomic mass is 9.79. The third kappa shape index (κ3) is 8.54. The van der Waals surface area contributed by atoms with Gasteiger partial charge in [-0.05, 0) is 45.1 Å². The summed E-state index contributed by atoms with van der Waals surface area (Å²) in [4.78, 5) is 38.5. The molecule has 2 fully saturated rings. The second-order valence-corrected chi connectivity index (χ2v) is 13.8. The first-order valence-corrected chi connectivity index (χ1v) is 17.6. The number of pyridine rings is 1. The Labute approximate surface area is 296 Å². The molecular weight excluding hydrogens is 700 g/mol. The highest BCUT2D eigenvalue weighted by Crippen LogP contribution is 2.43. The number of anilines is 1. The van der Waals surface area contributed by atoms with Crippen LogP contribution in [0.5, 0.6) is 11.5 Å². The Morgan fingerprint density at radius 2 is 1.75 bits per heavy atom. The molecule has 2 saturated heterocycles. The lowest BCUT2D eigenvalue weighted by molar-refractivity contribution is -0.159. The first-order chi connectivity index (χ1) is 24.2. The van der Waals surface area contributed by atoms with Crippen LogP contribution in [0.25, 0.3) is 0 Å². The van der Waals surface area contributed by atoms with E-state index in [4.69, 9.17) is 9.47 Å². The summed E-state index contributed by atoms with van der Waals surface area (Å²) in [5, 5.41) is 1.16. The van der Waals surface area contributed by atoms with Crippen LogP contribution in [-0.2, 0) is 17.1 Å². The van der Waals surface area contributed by atoms with Crippen LogP contribution in [0.15, 0.2) is 54.2 Å². The number of nitrogens with zero attached hydrogens (tertiary/aromatic N) is 5. The van der Waals surface area contributed by atoms with Gasteiger partial charge < -0.3 is 29.1 Å². The first-order valence-electron chi connectivity index (χ1n) is 16.7. The number of hydrogen-bond acceptors (Lipinski definition) is 8. The molecule has 5 rings (SSSR count). The van der Waals surface area contributed by atoms with Crippen molar-refractivity contribution in [2.75, 3.05) is 64.9 Å². The average Bonchev–Trinajstić information content (AvgIpc) is 3.57. The van der Waals surface area contributed by atoms with Gasteiger partial charge in [0.25, 0.3) is 11.8 Å². The molecule has 0 saturated carbocycles. The Balaban J connectivity index is 1.47. The summed E-state index contributed by atoms with van der Waals surface area (Å²) >= 11 is 0.411. The van der Waals surface area contributed by atoms with Gasteiger partial charge in [0.2, 0.25) is 5.60 Å². The molecule has 0 unspecified atom stereocenters. The zero-order valence-corrected chi connectivity index (χ0v) is 29.4. The Morgan fingerprint density at radius 1 is 1.02 bits per heavy atom. The molecule has 9 nitrogen and oxygen atoms in total. The fourth-order valence-electron chi connectivity index (χ4n) is 6.70. The number of alkyl halides is 6. The lowest BCUT2D eigenvalue weighted by Crippen LogP contribution is -2.69. The van der Waals surface area contributed by atoms with Gasteiger partial charge in [0.05, 0.1) is 22.9 Å². The quantitative estimate of drug-likeness (QED) is 0.203. The maximum Gasteiger partial charge on any atom is 0.425 e. The van der Waals surface area contributed by atoms with Gasteiger partial charge in [-0.25, -0.2) is 0 Å². The molecule has 2 aliphatic heterocycles. The van der Waals surface area contributed by atoms with E-state index in [0.717, 1.165) is 35.6 Å². The fourth-order valence-corrected chi connectivity index (χ4v) is 7.38. The van der Waals surface area contributed by atoms with E-state index in [1.54, 1.807) is 11.8 Å². The van der Waals surface area contributed by atoms with Gasteiger partial charge in [-0.1, -0.05) is 25.5 Å². The van der Waals surface area contributed by atoms with Crippen molar-refractivity contribution in [2.24, 2.45) is 0 Å². The van der Waals surface area contributed by atoms with Crippen LogP contribution in [0.4, 0.5) is 32.0 Å². The van der Waals surface area contributed by atoms with E-state index in [0.29, 0.717) is 49.7 Å². The summed E-state index contributed by atoms with van der Waals surface area (Å²) in [7, 11) is 3.89. The van der Waals surface area contributed by atoms with Crippen molar-refractivity contribution in [2.45, 2.75) is 56.6 Å². The molecule has 51 heavy (non-hydrogen) atoms. The Hall–Kier alpha value is -4.05. The summed E-state index contributed by atoms with van der Waals surface area (Å²) in [5.41, 5.74) is -2.87. The molecule has 0 radical (unpaired) electrons. The van der Waals surface area contributed by atoms with E-state index in [1.807, 2.05) is 43.3 Å². The number of likely N-dealkylation sites (N-methyl/N-ethyl adjacent to an activating group) is 1.